The van der Waals surface area contributed by atoms with Gasteiger partial charge >= 0.3 is 0 Å². The lowest BCUT2D eigenvalue weighted by Crippen LogP contribution is -2.37. The van der Waals surface area contributed by atoms with Crippen LogP contribution in [0.15, 0.2) is 66.2 Å². The first-order valence-corrected chi connectivity index (χ1v) is 10.2. The standard InChI is InChI=1S/C24H28N2O3/c1-18(23(27)25-17-16-19-10-4-2-5-11-19)29-22-15-9-8-14-21(22)24(28)26-20-12-6-3-7-13-20/h3,6-10,12-15,18H,2,4-5,11,16-17H2,1H3,(H,25,27)(H,26,28)/t18-/m0/s1. The minimum Gasteiger partial charge on any atom is -0.480 e. The van der Waals surface area contributed by atoms with Crippen LogP contribution in [-0.2, 0) is 4.79 Å². The summed E-state index contributed by atoms with van der Waals surface area (Å²) < 4.78 is 5.82. The SMILES string of the molecule is C[C@H](Oc1ccccc1C(=O)Nc1ccccc1)C(=O)NCCC1=CCCCC1. The Labute approximate surface area is 172 Å². The minimum absolute atomic E-state index is 0.181. The van der Waals surface area contributed by atoms with Crippen molar-refractivity contribution in [3.8, 4) is 5.75 Å². The summed E-state index contributed by atoms with van der Waals surface area (Å²) in [6.07, 6.45) is 7.25. The number of amides is 2. The van der Waals surface area contributed by atoms with E-state index in [2.05, 4.69) is 16.7 Å². The van der Waals surface area contributed by atoms with Crippen LogP contribution in [0.5, 0.6) is 5.75 Å². The highest BCUT2D eigenvalue weighted by molar-refractivity contribution is 6.06. The van der Waals surface area contributed by atoms with Crippen LogP contribution in [0, 0.1) is 0 Å². The van der Waals surface area contributed by atoms with Gasteiger partial charge in [-0.05, 0) is 63.3 Å². The highest BCUT2D eigenvalue weighted by Gasteiger charge is 2.19. The Balaban J connectivity index is 1.55. The van der Waals surface area contributed by atoms with Crippen LogP contribution in [-0.4, -0.2) is 24.5 Å². The molecule has 5 nitrogen and oxygen atoms in total. The van der Waals surface area contributed by atoms with Crippen LogP contribution in [0.2, 0.25) is 0 Å². The first kappa shape index (κ1) is 20.6. The number of hydrogen-bond donors (Lipinski definition) is 2. The fraction of sp³-hybridized carbons (Fsp3) is 0.333. The van der Waals surface area contributed by atoms with Gasteiger partial charge in [-0.1, -0.05) is 42.0 Å². The fourth-order valence-corrected chi connectivity index (χ4v) is 3.34. The van der Waals surface area contributed by atoms with Gasteiger partial charge in [0, 0.05) is 12.2 Å². The highest BCUT2D eigenvalue weighted by atomic mass is 16.5. The Hall–Kier alpha value is -3.08. The zero-order chi connectivity index (χ0) is 20.5. The monoisotopic (exact) mass is 392 g/mol. The van der Waals surface area contributed by atoms with Crippen LogP contribution in [0.4, 0.5) is 5.69 Å². The summed E-state index contributed by atoms with van der Waals surface area (Å²) in [5.74, 6) is -0.0677. The molecular weight excluding hydrogens is 364 g/mol. The molecular formula is C24H28N2O3. The van der Waals surface area contributed by atoms with E-state index in [-0.39, 0.29) is 11.8 Å². The molecule has 152 valence electrons. The van der Waals surface area contributed by atoms with Crippen molar-refractivity contribution >= 4 is 17.5 Å². The number of allylic oxidation sites excluding steroid dienone is 1. The molecule has 0 spiro atoms. The molecule has 0 aromatic heterocycles. The summed E-state index contributed by atoms with van der Waals surface area (Å²) in [5, 5.41) is 5.78. The second-order valence-corrected chi connectivity index (χ2v) is 7.23. The average Bonchev–Trinajstić information content (AvgIpc) is 2.75. The topological polar surface area (TPSA) is 67.4 Å². The molecule has 2 aromatic rings. The number of ether oxygens (including phenoxy) is 1. The zero-order valence-electron chi connectivity index (χ0n) is 16.8. The number of benzene rings is 2. The number of carbonyl (C=O) groups is 2. The summed E-state index contributed by atoms with van der Waals surface area (Å²) in [7, 11) is 0. The molecule has 5 heteroatoms. The van der Waals surface area contributed by atoms with Gasteiger partial charge in [0.25, 0.3) is 11.8 Å². The molecule has 0 radical (unpaired) electrons. The van der Waals surface area contributed by atoms with E-state index >= 15 is 0 Å². The normalized spacial score (nSPS) is 14.4. The lowest BCUT2D eigenvalue weighted by molar-refractivity contribution is -0.127. The van der Waals surface area contributed by atoms with Crippen LogP contribution in [0.3, 0.4) is 0 Å². The van der Waals surface area contributed by atoms with Crippen LogP contribution >= 0.6 is 0 Å². The maximum absolute atomic E-state index is 12.6. The van der Waals surface area contributed by atoms with E-state index in [1.54, 1.807) is 31.2 Å². The number of rotatable bonds is 8. The predicted molar refractivity (Wildman–Crippen MR) is 115 cm³/mol. The van der Waals surface area contributed by atoms with Gasteiger partial charge in [0.05, 0.1) is 5.56 Å². The van der Waals surface area contributed by atoms with E-state index in [0.29, 0.717) is 23.5 Å². The molecule has 0 heterocycles. The van der Waals surface area contributed by atoms with E-state index in [1.165, 1.54) is 18.4 Å². The number of nitrogens with one attached hydrogen (secondary N) is 2. The van der Waals surface area contributed by atoms with Crippen LogP contribution < -0.4 is 15.4 Å². The minimum atomic E-state index is -0.694. The highest BCUT2D eigenvalue weighted by Crippen LogP contribution is 2.22. The first-order valence-electron chi connectivity index (χ1n) is 10.2. The third-order valence-electron chi connectivity index (χ3n) is 4.97. The molecule has 1 aliphatic rings. The lowest BCUT2D eigenvalue weighted by atomic mass is 9.97. The van der Waals surface area contributed by atoms with Gasteiger partial charge in [0.15, 0.2) is 6.10 Å². The summed E-state index contributed by atoms with van der Waals surface area (Å²) in [6, 6.07) is 16.2. The van der Waals surface area contributed by atoms with Crippen molar-refractivity contribution in [2.75, 3.05) is 11.9 Å². The van der Waals surface area contributed by atoms with Gasteiger partial charge in [0.2, 0.25) is 0 Å². The Bertz CT molecular complexity index is 861. The lowest BCUT2D eigenvalue weighted by Gasteiger charge is -2.18. The Morgan fingerprint density at radius 2 is 1.79 bits per heavy atom. The Morgan fingerprint density at radius 1 is 1.03 bits per heavy atom. The molecule has 2 aromatic carbocycles. The summed E-state index contributed by atoms with van der Waals surface area (Å²) in [6.45, 7) is 2.30. The molecule has 1 atom stereocenters. The third-order valence-corrected chi connectivity index (χ3v) is 4.97. The summed E-state index contributed by atoms with van der Waals surface area (Å²) in [4.78, 5) is 25.0. The van der Waals surface area contributed by atoms with Crippen molar-refractivity contribution in [1.82, 2.24) is 5.32 Å². The second kappa shape index (κ2) is 10.5. The van der Waals surface area contributed by atoms with Crippen molar-refractivity contribution in [3.63, 3.8) is 0 Å². The van der Waals surface area contributed by atoms with Crippen molar-refractivity contribution in [3.05, 3.63) is 71.8 Å². The second-order valence-electron chi connectivity index (χ2n) is 7.23. The van der Waals surface area contributed by atoms with E-state index in [1.807, 2.05) is 30.3 Å². The molecule has 0 saturated heterocycles. The number of carbonyl (C=O) groups excluding carboxylic acids is 2. The van der Waals surface area contributed by atoms with Crippen molar-refractivity contribution in [2.24, 2.45) is 0 Å². The molecule has 0 bridgehead atoms. The van der Waals surface area contributed by atoms with Gasteiger partial charge in [-0.3, -0.25) is 9.59 Å². The third kappa shape index (κ3) is 6.21. The maximum Gasteiger partial charge on any atom is 0.260 e. The van der Waals surface area contributed by atoms with Crippen molar-refractivity contribution in [1.29, 1.82) is 0 Å². The summed E-state index contributed by atoms with van der Waals surface area (Å²) in [5.41, 5.74) is 2.52. The number of para-hydroxylation sites is 2. The molecule has 0 saturated carbocycles. The first-order chi connectivity index (χ1) is 14.1. The zero-order valence-corrected chi connectivity index (χ0v) is 16.8. The molecule has 0 fully saturated rings. The molecule has 2 amide bonds. The molecule has 2 N–H and O–H groups in total. The Morgan fingerprint density at radius 3 is 2.55 bits per heavy atom. The van der Waals surface area contributed by atoms with E-state index in [0.717, 1.165) is 19.3 Å². The van der Waals surface area contributed by atoms with Gasteiger partial charge in [-0.15, -0.1) is 0 Å². The van der Waals surface area contributed by atoms with Gasteiger partial charge in [-0.2, -0.15) is 0 Å². The molecule has 0 unspecified atom stereocenters. The van der Waals surface area contributed by atoms with E-state index in [4.69, 9.17) is 4.74 Å². The van der Waals surface area contributed by atoms with Crippen LogP contribution in [0.25, 0.3) is 0 Å². The van der Waals surface area contributed by atoms with E-state index < -0.39 is 6.10 Å². The fourth-order valence-electron chi connectivity index (χ4n) is 3.34. The largest absolute Gasteiger partial charge is 0.480 e. The molecule has 0 aliphatic heterocycles. The average molecular weight is 392 g/mol. The van der Waals surface area contributed by atoms with Crippen LogP contribution in [0.1, 0.15) is 49.4 Å². The van der Waals surface area contributed by atoms with E-state index in [9.17, 15) is 9.59 Å². The number of anilines is 1. The van der Waals surface area contributed by atoms with Gasteiger partial charge in [-0.25, -0.2) is 0 Å². The van der Waals surface area contributed by atoms with Crippen molar-refractivity contribution in [2.45, 2.75) is 45.1 Å². The number of hydrogen-bond acceptors (Lipinski definition) is 3. The predicted octanol–water partition coefficient (Wildman–Crippen LogP) is 4.71. The molecule has 3 rings (SSSR count). The molecule has 29 heavy (non-hydrogen) atoms. The maximum atomic E-state index is 12.6. The quantitative estimate of drug-likeness (QED) is 0.639. The summed E-state index contributed by atoms with van der Waals surface area (Å²) >= 11 is 0. The van der Waals surface area contributed by atoms with Crippen molar-refractivity contribution < 1.29 is 14.3 Å². The van der Waals surface area contributed by atoms with Gasteiger partial charge in [0.1, 0.15) is 5.75 Å². The molecule has 1 aliphatic carbocycles. The Kier molecular flexibility index (Phi) is 7.45. The van der Waals surface area contributed by atoms with Gasteiger partial charge < -0.3 is 15.4 Å². The smallest absolute Gasteiger partial charge is 0.260 e.